The number of aromatic nitrogens is 2. The van der Waals surface area contributed by atoms with E-state index in [9.17, 15) is 14.0 Å². The van der Waals surface area contributed by atoms with Crippen LogP contribution in [0.25, 0.3) is 16.6 Å². The summed E-state index contributed by atoms with van der Waals surface area (Å²) < 4.78 is 21.1. The zero-order valence-corrected chi connectivity index (χ0v) is 16.8. The van der Waals surface area contributed by atoms with Crippen LogP contribution in [0.2, 0.25) is 0 Å². The summed E-state index contributed by atoms with van der Waals surface area (Å²) in [7, 11) is 0. The SMILES string of the molecule is O=C(CN1CCN(c2cccc3c2cnn3-c2ccccc2F)C1=O)N[C@H]1CCOC1. The summed E-state index contributed by atoms with van der Waals surface area (Å²) in [6.45, 7) is 2.08. The summed E-state index contributed by atoms with van der Waals surface area (Å²) in [4.78, 5) is 28.5. The zero-order chi connectivity index (χ0) is 21.4. The van der Waals surface area contributed by atoms with Gasteiger partial charge in [-0.25, -0.2) is 13.9 Å². The van der Waals surface area contributed by atoms with Crippen LogP contribution < -0.4 is 10.2 Å². The van der Waals surface area contributed by atoms with Gasteiger partial charge in [0, 0.05) is 25.1 Å². The topological polar surface area (TPSA) is 79.7 Å². The molecule has 31 heavy (non-hydrogen) atoms. The average molecular weight is 423 g/mol. The number of para-hydroxylation sites is 1. The molecule has 2 aliphatic heterocycles. The molecule has 1 N–H and O–H groups in total. The largest absolute Gasteiger partial charge is 0.379 e. The molecule has 2 aliphatic rings. The Morgan fingerprint density at radius 2 is 2.00 bits per heavy atom. The van der Waals surface area contributed by atoms with Gasteiger partial charge in [0.15, 0.2) is 0 Å². The Kier molecular flexibility index (Phi) is 5.03. The van der Waals surface area contributed by atoms with Gasteiger partial charge < -0.3 is 15.0 Å². The number of fused-ring (bicyclic) bond motifs is 1. The smallest absolute Gasteiger partial charge is 0.325 e. The molecule has 2 saturated heterocycles. The first-order chi connectivity index (χ1) is 15.1. The minimum atomic E-state index is -0.375. The highest BCUT2D eigenvalue weighted by atomic mass is 19.1. The molecule has 0 saturated carbocycles. The van der Waals surface area contributed by atoms with Gasteiger partial charge in [-0.1, -0.05) is 18.2 Å². The van der Waals surface area contributed by atoms with Gasteiger partial charge in [-0.05, 0) is 30.7 Å². The van der Waals surface area contributed by atoms with E-state index in [2.05, 4.69) is 10.4 Å². The van der Waals surface area contributed by atoms with E-state index < -0.39 is 0 Å². The summed E-state index contributed by atoms with van der Waals surface area (Å²) in [5, 5.41) is 8.01. The molecule has 8 nitrogen and oxygen atoms in total. The van der Waals surface area contributed by atoms with Crippen molar-refractivity contribution in [3.63, 3.8) is 0 Å². The summed E-state index contributed by atoms with van der Waals surface area (Å²) in [5.41, 5.74) is 1.74. The molecule has 2 aromatic carbocycles. The van der Waals surface area contributed by atoms with Gasteiger partial charge in [-0.3, -0.25) is 9.69 Å². The van der Waals surface area contributed by atoms with Gasteiger partial charge in [-0.15, -0.1) is 0 Å². The van der Waals surface area contributed by atoms with E-state index in [1.54, 1.807) is 29.3 Å². The maximum absolute atomic E-state index is 14.3. The van der Waals surface area contributed by atoms with Gasteiger partial charge in [0.05, 0.1) is 30.0 Å². The Hall–Kier alpha value is -3.46. The third-order valence-corrected chi connectivity index (χ3v) is 5.69. The number of nitrogens with one attached hydrogen (secondary N) is 1. The molecule has 3 amide bonds. The van der Waals surface area contributed by atoms with Crippen molar-refractivity contribution in [1.82, 2.24) is 20.0 Å². The molecule has 0 spiro atoms. The van der Waals surface area contributed by atoms with Gasteiger partial charge in [-0.2, -0.15) is 5.10 Å². The molecule has 3 heterocycles. The summed E-state index contributed by atoms with van der Waals surface area (Å²) >= 11 is 0. The maximum atomic E-state index is 14.3. The van der Waals surface area contributed by atoms with Crippen molar-refractivity contribution in [3.8, 4) is 5.69 Å². The van der Waals surface area contributed by atoms with Crippen molar-refractivity contribution < 1.29 is 18.7 Å². The van der Waals surface area contributed by atoms with E-state index in [1.165, 1.54) is 15.6 Å². The molecule has 0 unspecified atom stereocenters. The summed E-state index contributed by atoms with van der Waals surface area (Å²) in [5.74, 6) is -0.559. The number of urea groups is 1. The molecule has 0 aliphatic carbocycles. The second-order valence-electron chi connectivity index (χ2n) is 7.70. The maximum Gasteiger partial charge on any atom is 0.325 e. The number of nitrogens with zero attached hydrogens (tertiary/aromatic N) is 4. The van der Waals surface area contributed by atoms with Crippen molar-refractivity contribution in [2.24, 2.45) is 0 Å². The lowest BCUT2D eigenvalue weighted by Gasteiger charge is -2.20. The number of halogens is 1. The Labute approximate surface area is 178 Å². The predicted molar refractivity (Wildman–Crippen MR) is 113 cm³/mol. The lowest BCUT2D eigenvalue weighted by molar-refractivity contribution is -0.122. The Bertz CT molecular complexity index is 1140. The third kappa shape index (κ3) is 3.61. The van der Waals surface area contributed by atoms with Gasteiger partial charge in [0.1, 0.15) is 18.0 Å². The van der Waals surface area contributed by atoms with Crippen LogP contribution in [-0.4, -0.2) is 65.5 Å². The number of benzene rings is 2. The van der Waals surface area contributed by atoms with Crippen LogP contribution in [0.5, 0.6) is 0 Å². The molecule has 1 atom stereocenters. The highest BCUT2D eigenvalue weighted by Gasteiger charge is 2.32. The number of rotatable bonds is 5. The average Bonchev–Trinajstić information content (AvgIpc) is 3.50. The second-order valence-corrected chi connectivity index (χ2v) is 7.70. The number of amides is 3. The molecular formula is C22H22FN5O3. The molecule has 160 valence electrons. The molecule has 0 bridgehead atoms. The number of ether oxygens (including phenoxy) is 1. The van der Waals surface area contributed by atoms with Gasteiger partial charge in [0.25, 0.3) is 0 Å². The minimum absolute atomic E-state index is 0.0102. The van der Waals surface area contributed by atoms with Crippen molar-refractivity contribution in [2.45, 2.75) is 12.5 Å². The first kappa shape index (κ1) is 19.5. The highest BCUT2D eigenvalue weighted by Crippen LogP contribution is 2.31. The van der Waals surface area contributed by atoms with Crippen LogP contribution >= 0.6 is 0 Å². The lowest BCUT2D eigenvalue weighted by Crippen LogP contribution is -2.43. The van der Waals surface area contributed by atoms with Crippen molar-refractivity contribution in [2.75, 3.05) is 37.7 Å². The number of anilines is 1. The van der Waals surface area contributed by atoms with Crippen LogP contribution in [0.15, 0.2) is 48.7 Å². The van der Waals surface area contributed by atoms with E-state index >= 15 is 0 Å². The van der Waals surface area contributed by atoms with Gasteiger partial charge in [0.2, 0.25) is 5.91 Å². The normalized spacial score (nSPS) is 18.9. The predicted octanol–water partition coefficient (Wildman–Crippen LogP) is 2.31. The van der Waals surface area contributed by atoms with E-state index in [0.29, 0.717) is 43.2 Å². The molecule has 1 aromatic heterocycles. The first-order valence-corrected chi connectivity index (χ1v) is 10.3. The molecule has 2 fully saturated rings. The van der Waals surface area contributed by atoms with Crippen molar-refractivity contribution >= 4 is 28.5 Å². The quantitative estimate of drug-likeness (QED) is 0.683. The van der Waals surface area contributed by atoms with Crippen LogP contribution in [0.1, 0.15) is 6.42 Å². The number of hydrogen-bond donors (Lipinski definition) is 1. The molecule has 0 radical (unpaired) electrons. The lowest BCUT2D eigenvalue weighted by atomic mass is 10.2. The molecule has 3 aromatic rings. The van der Waals surface area contributed by atoms with E-state index in [0.717, 1.165) is 11.8 Å². The number of carbonyl (C=O) groups excluding carboxylic acids is 2. The Balaban J connectivity index is 1.37. The van der Waals surface area contributed by atoms with E-state index in [-0.39, 0.29) is 30.3 Å². The van der Waals surface area contributed by atoms with Crippen LogP contribution in [0.4, 0.5) is 14.9 Å². The Morgan fingerprint density at radius 3 is 2.81 bits per heavy atom. The molecule has 5 rings (SSSR count). The summed E-state index contributed by atoms with van der Waals surface area (Å²) in [6, 6.07) is 11.7. The van der Waals surface area contributed by atoms with Crippen LogP contribution in [0.3, 0.4) is 0 Å². The highest BCUT2D eigenvalue weighted by molar-refractivity contribution is 6.04. The molecular weight excluding hydrogens is 401 g/mol. The Morgan fingerprint density at radius 1 is 1.16 bits per heavy atom. The number of carbonyl (C=O) groups is 2. The minimum Gasteiger partial charge on any atom is -0.379 e. The molecule has 9 heteroatoms. The third-order valence-electron chi connectivity index (χ3n) is 5.69. The second kappa shape index (κ2) is 7.99. The fourth-order valence-electron chi connectivity index (χ4n) is 4.13. The first-order valence-electron chi connectivity index (χ1n) is 10.3. The van der Waals surface area contributed by atoms with Crippen LogP contribution in [0, 0.1) is 5.82 Å². The fraction of sp³-hybridized carbons (Fsp3) is 0.318. The van der Waals surface area contributed by atoms with E-state index in [1.807, 2.05) is 18.2 Å². The standard InChI is InChI=1S/C22H22FN5O3/c23-17-4-1-2-5-20(17)28-19-7-3-6-18(16(19)12-24-28)27-10-9-26(22(27)30)13-21(29)25-15-8-11-31-14-15/h1-7,12,15H,8-11,13-14H2,(H,25,29)/t15-/m0/s1. The fourth-order valence-corrected chi connectivity index (χ4v) is 4.13. The van der Waals surface area contributed by atoms with E-state index in [4.69, 9.17) is 4.74 Å². The van der Waals surface area contributed by atoms with Gasteiger partial charge >= 0.3 is 6.03 Å². The van der Waals surface area contributed by atoms with Crippen molar-refractivity contribution in [3.05, 3.63) is 54.5 Å². The van der Waals surface area contributed by atoms with Crippen molar-refractivity contribution in [1.29, 1.82) is 0 Å². The van der Waals surface area contributed by atoms with Crippen LogP contribution in [-0.2, 0) is 9.53 Å². The summed E-state index contributed by atoms with van der Waals surface area (Å²) in [6.07, 6.45) is 2.43. The number of hydrogen-bond acceptors (Lipinski definition) is 4. The zero-order valence-electron chi connectivity index (χ0n) is 16.8. The monoisotopic (exact) mass is 423 g/mol.